The van der Waals surface area contributed by atoms with Crippen molar-refractivity contribution in [1.29, 1.82) is 0 Å². The van der Waals surface area contributed by atoms with E-state index in [0.717, 1.165) is 19.6 Å². The molecule has 3 nitrogen and oxygen atoms in total. The lowest BCUT2D eigenvalue weighted by Gasteiger charge is -2.34. The second-order valence-corrected chi connectivity index (χ2v) is 7.22. The van der Waals surface area contributed by atoms with Gasteiger partial charge in [-0.1, -0.05) is 13.8 Å². The van der Waals surface area contributed by atoms with Gasteiger partial charge < -0.3 is 9.80 Å². The number of likely N-dealkylation sites (tertiary alicyclic amines) is 1. The molecule has 0 aromatic heterocycles. The van der Waals surface area contributed by atoms with E-state index in [1.165, 1.54) is 18.9 Å². The van der Waals surface area contributed by atoms with Gasteiger partial charge in [0.25, 0.3) is 5.91 Å². The third-order valence-electron chi connectivity index (χ3n) is 4.40. The van der Waals surface area contributed by atoms with Crippen LogP contribution in [0.4, 0.5) is 4.39 Å². The summed E-state index contributed by atoms with van der Waals surface area (Å²) < 4.78 is 14.0. The van der Waals surface area contributed by atoms with Crippen molar-refractivity contribution in [3.8, 4) is 0 Å². The molecule has 2 rings (SSSR count). The van der Waals surface area contributed by atoms with E-state index in [0.29, 0.717) is 16.0 Å². The second kappa shape index (κ2) is 7.55. The summed E-state index contributed by atoms with van der Waals surface area (Å²) in [5.74, 6) is -0.168. The average Bonchev–Trinajstić information content (AvgIpc) is 2.99. The van der Waals surface area contributed by atoms with Crippen molar-refractivity contribution in [2.24, 2.45) is 5.92 Å². The Balaban J connectivity index is 2.12. The lowest BCUT2D eigenvalue weighted by molar-refractivity contribution is 0.0641. The minimum absolute atomic E-state index is 0.121. The number of rotatable bonds is 5. The third kappa shape index (κ3) is 4.07. The Bertz CT molecular complexity index is 529. The van der Waals surface area contributed by atoms with Crippen molar-refractivity contribution in [2.45, 2.75) is 32.7 Å². The molecule has 1 aromatic rings. The normalized spacial score (nSPS) is 17.0. The summed E-state index contributed by atoms with van der Waals surface area (Å²) in [6.07, 6.45) is 2.47. The Hall–Kier alpha value is -0.940. The molecule has 0 bridgehead atoms. The first-order valence-corrected chi connectivity index (χ1v) is 8.64. The molecule has 1 heterocycles. The summed E-state index contributed by atoms with van der Waals surface area (Å²) in [6.45, 7) is 7.37. The third-order valence-corrected chi connectivity index (χ3v) is 5.04. The fraction of sp³-hybridized carbons (Fsp3) is 0.588. The van der Waals surface area contributed by atoms with Gasteiger partial charge >= 0.3 is 0 Å². The van der Waals surface area contributed by atoms with Crippen LogP contribution in [0.1, 0.15) is 37.0 Å². The smallest absolute Gasteiger partial charge is 0.254 e. The molecular weight excluding hydrogens is 347 g/mol. The van der Waals surface area contributed by atoms with Gasteiger partial charge in [0.2, 0.25) is 0 Å². The fourth-order valence-corrected chi connectivity index (χ4v) is 3.24. The number of halogens is 2. The topological polar surface area (TPSA) is 23.6 Å². The molecule has 1 aliphatic rings. The van der Waals surface area contributed by atoms with Gasteiger partial charge in [-0.3, -0.25) is 4.79 Å². The Morgan fingerprint density at radius 3 is 2.55 bits per heavy atom. The highest BCUT2D eigenvalue weighted by atomic mass is 79.9. The SMILES string of the molecule is CC(C)[C@@H](CN1CCCC1)N(C)C(=O)c1ccc(Br)c(F)c1. The number of carbonyl (C=O) groups excluding carboxylic acids is 1. The van der Waals surface area contributed by atoms with Gasteiger partial charge in [-0.25, -0.2) is 4.39 Å². The van der Waals surface area contributed by atoms with Crippen LogP contribution in [0.5, 0.6) is 0 Å². The molecule has 5 heteroatoms. The molecule has 0 radical (unpaired) electrons. The van der Waals surface area contributed by atoms with E-state index >= 15 is 0 Å². The molecule has 0 aliphatic carbocycles. The largest absolute Gasteiger partial charge is 0.337 e. The highest BCUT2D eigenvalue weighted by Crippen LogP contribution is 2.20. The van der Waals surface area contributed by atoms with Gasteiger partial charge in [0.15, 0.2) is 0 Å². The van der Waals surface area contributed by atoms with Crippen molar-refractivity contribution in [1.82, 2.24) is 9.80 Å². The van der Waals surface area contributed by atoms with Crippen molar-refractivity contribution in [2.75, 3.05) is 26.7 Å². The van der Waals surface area contributed by atoms with E-state index in [1.54, 1.807) is 17.0 Å². The zero-order chi connectivity index (χ0) is 16.3. The molecule has 1 aromatic carbocycles. The first kappa shape index (κ1) is 17.4. The maximum absolute atomic E-state index is 13.7. The van der Waals surface area contributed by atoms with Crippen molar-refractivity contribution < 1.29 is 9.18 Å². The molecule has 1 fully saturated rings. The molecule has 1 saturated heterocycles. The fourth-order valence-electron chi connectivity index (χ4n) is 2.99. The number of amides is 1. The minimum Gasteiger partial charge on any atom is -0.337 e. The van der Waals surface area contributed by atoms with Crippen LogP contribution < -0.4 is 0 Å². The Morgan fingerprint density at radius 1 is 1.36 bits per heavy atom. The Kier molecular flexibility index (Phi) is 5.98. The van der Waals surface area contributed by atoms with Crippen LogP contribution in [0.2, 0.25) is 0 Å². The molecule has 0 saturated carbocycles. The molecule has 1 aliphatic heterocycles. The monoisotopic (exact) mass is 370 g/mol. The Labute approximate surface area is 140 Å². The van der Waals surface area contributed by atoms with Crippen LogP contribution in [0, 0.1) is 11.7 Å². The van der Waals surface area contributed by atoms with Crippen molar-refractivity contribution in [3.05, 3.63) is 34.1 Å². The zero-order valence-corrected chi connectivity index (χ0v) is 15.1. The second-order valence-electron chi connectivity index (χ2n) is 6.36. The van der Waals surface area contributed by atoms with E-state index in [9.17, 15) is 9.18 Å². The minimum atomic E-state index is -0.403. The van der Waals surface area contributed by atoms with Crippen LogP contribution in [0.15, 0.2) is 22.7 Å². The van der Waals surface area contributed by atoms with Crippen LogP contribution in [-0.2, 0) is 0 Å². The molecule has 1 amide bonds. The quantitative estimate of drug-likeness (QED) is 0.787. The van der Waals surface area contributed by atoms with Gasteiger partial charge in [0.05, 0.1) is 4.47 Å². The van der Waals surface area contributed by atoms with Gasteiger partial charge in [0.1, 0.15) is 5.82 Å². The molecule has 122 valence electrons. The lowest BCUT2D eigenvalue weighted by atomic mass is 10.0. The van der Waals surface area contributed by atoms with Crippen molar-refractivity contribution >= 4 is 21.8 Å². The molecule has 0 spiro atoms. The Morgan fingerprint density at radius 2 is 2.00 bits per heavy atom. The maximum atomic E-state index is 13.7. The van der Waals surface area contributed by atoms with E-state index in [4.69, 9.17) is 0 Å². The van der Waals surface area contributed by atoms with E-state index in [-0.39, 0.29) is 11.9 Å². The number of likely N-dealkylation sites (N-methyl/N-ethyl adjacent to an activating group) is 1. The van der Waals surface area contributed by atoms with Gasteiger partial charge in [-0.2, -0.15) is 0 Å². The van der Waals surface area contributed by atoms with E-state index in [2.05, 4.69) is 34.7 Å². The summed E-state index contributed by atoms with van der Waals surface area (Å²) in [6, 6.07) is 4.69. The molecular formula is C17H24BrFN2O. The van der Waals surface area contributed by atoms with Crippen LogP contribution in [-0.4, -0.2) is 48.4 Å². The van der Waals surface area contributed by atoms with Gasteiger partial charge in [0, 0.05) is 25.2 Å². The number of carbonyl (C=O) groups is 1. The number of benzene rings is 1. The first-order chi connectivity index (χ1) is 10.4. The standard InChI is InChI=1S/C17H24BrFN2O/c1-12(2)16(11-21-8-4-5-9-21)20(3)17(22)13-6-7-14(18)15(19)10-13/h6-7,10,12,16H,4-5,8-9,11H2,1-3H3/t16-/m1/s1. The zero-order valence-electron chi connectivity index (χ0n) is 13.5. The first-order valence-electron chi connectivity index (χ1n) is 7.84. The van der Waals surface area contributed by atoms with E-state index in [1.807, 2.05) is 7.05 Å². The number of hydrogen-bond donors (Lipinski definition) is 0. The maximum Gasteiger partial charge on any atom is 0.254 e. The number of nitrogens with zero attached hydrogens (tertiary/aromatic N) is 2. The summed E-state index contributed by atoms with van der Waals surface area (Å²) in [5.41, 5.74) is 0.398. The molecule has 0 N–H and O–H groups in total. The summed E-state index contributed by atoms with van der Waals surface area (Å²) in [7, 11) is 1.82. The highest BCUT2D eigenvalue weighted by molar-refractivity contribution is 9.10. The predicted octanol–water partition coefficient (Wildman–Crippen LogP) is 3.78. The molecule has 0 unspecified atom stereocenters. The highest BCUT2D eigenvalue weighted by Gasteiger charge is 2.27. The lowest BCUT2D eigenvalue weighted by Crippen LogP contribution is -2.47. The molecule has 1 atom stereocenters. The van der Waals surface area contributed by atoms with Gasteiger partial charge in [-0.05, 0) is 66.0 Å². The summed E-state index contributed by atoms with van der Waals surface area (Å²) in [5, 5.41) is 0. The predicted molar refractivity (Wildman–Crippen MR) is 90.5 cm³/mol. The van der Waals surface area contributed by atoms with Gasteiger partial charge in [-0.15, -0.1) is 0 Å². The van der Waals surface area contributed by atoms with Crippen LogP contribution in [0.3, 0.4) is 0 Å². The van der Waals surface area contributed by atoms with Crippen molar-refractivity contribution in [3.63, 3.8) is 0 Å². The molecule has 22 heavy (non-hydrogen) atoms. The number of hydrogen-bond acceptors (Lipinski definition) is 2. The summed E-state index contributed by atoms with van der Waals surface area (Å²) >= 11 is 3.12. The van der Waals surface area contributed by atoms with Crippen LogP contribution in [0.25, 0.3) is 0 Å². The summed E-state index contributed by atoms with van der Waals surface area (Å²) in [4.78, 5) is 16.8. The van der Waals surface area contributed by atoms with Crippen LogP contribution >= 0.6 is 15.9 Å². The van der Waals surface area contributed by atoms with E-state index < -0.39 is 5.82 Å². The average molecular weight is 371 g/mol.